The second-order valence-electron chi connectivity index (χ2n) is 4.80. The predicted molar refractivity (Wildman–Crippen MR) is 83.6 cm³/mol. The summed E-state index contributed by atoms with van der Waals surface area (Å²) in [5.74, 6) is -0.0132. The number of amides is 1. The molecule has 0 fully saturated rings. The first kappa shape index (κ1) is 14.5. The molecule has 22 heavy (non-hydrogen) atoms. The van der Waals surface area contributed by atoms with Crippen LogP contribution >= 0.6 is 11.3 Å². The maximum atomic E-state index is 13.8. The van der Waals surface area contributed by atoms with Gasteiger partial charge in [0.05, 0.1) is 4.88 Å². The largest absolute Gasteiger partial charge is 0.359 e. The van der Waals surface area contributed by atoms with Gasteiger partial charge in [-0.2, -0.15) is 0 Å². The van der Waals surface area contributed by atoms with Crippen molar-refractivity contribution in [2.45, 2.75) is 13.8 Å². The van der Waals surface area contributed by atoms with Crippen molar-refractivity contribution in [1.29, 1.82) is 0 Å². The van der Waals surface area contributed by atoms with Crippen molar-refractivity contribution in [3.05, 3.63) is 58.5 Å². The van der Waals surface area contributed by atoms with Gasteiger partial charge >= 0.3 is 0 Å². The van der Waals surface area contributed by atoms with Crippen LogP contribution in [-0.2, 0) is 0 Å². The highest BCUT2D eigenvalue weighted by Crippen LogP contribution is 2.30. The fourth-order valence-electron chi connectivity index (χ4n) is 2.10. The quantitative estimate of drug-likeness (QED) is 0.778. The number of nitrogens with zero attached hydrogens (tertiary/aromatic N) is 1. The number of hydrogen-bond donors (Lipinski definition) is 1. The fourth-order valence-corrected chi connectivity index (χ4v) is 3.03. The van der Waals surface area contributed by atoms with Gasteiger partial charge in [0, 0.05) is 10.4 Å². The molecule has 2 heterocycles. The molecular weight excluding hydrogens is 303 g/mol. The van der Waals surface area contributed by atoms with Gasteiger partial charge in [-0.15, -0.1) is 11.3 Å². The van der Waals surface area contributed by atoms with Crippen molar-refractivity contribution in [1.82, 2.24) is 5.16 Å². The monoisotopic (exact) mass is 316 g/mol. The van der Waals surface area contributed by atoms with E-state index in [-0.39, 0.29) is 11.7 Å². The summed E-state index contributed by atoms with van der Waals surface area (Å²) in [4.78, 5) is 13.5. The van der Waals surface area contributed by atoms with E-state index in [0.29, 0.717) is 32.5 Å². The van der Waals surface area contributed by atoms with Gasteiger partial charge in [-0.05, 0) is 32.0 Å². The van der Waals surface area contributed by atoms with Gasteiger partial charge in [-0.25, -0.2) is 4.39 Å². The van der Waals surface area contributed by atoms with Crippen LogP contribution in [0.2, 0.25) is 0 Å². The van der Waals surface area contributed by atoms with Crippen LogP contribution in [0.5, 0.6) is 0 Å². The summed E-state index contributed by atoms with van der Waals surface area (Å²) in [7, 11) is 0. The van der Waals surface area contributed by atoms with Gasteiger partial charge in [0.2, 0.25) is 0 Å². The lowest BCUT2D eigenvalue weighted by Crippen LogP contribution is -2.11. The van der Waals surface area contributed by atoms with Crippen molar-refractivity contribution < 1.29 is 13.7 Å². The van der Waals surface area contributed by atoms with Gasteiger partial charge in [-0.3, -0.25) is 4.79 Å². The second-order valence-corrected chi connectivity index (χ2v) is 5.88. The van der Waals surface area contributed by atoms with E-state index in [4.69, 9.17) is 4.52 Å². The minimum absolute atomic E-state index is 0.262. The Labute approximate surface area is 130 Å². The van der Waals surface area contributed by atoms with E-state index in [0.717, 1.165) is 0 Å². The Morgan fingerprint density at radius 1 is 1.23 bits per heavy atom. The lowest BCUT2D eigenvalue weighted by atomic mass is 10.2. The van der Waals surface area contributed by atoms with Gasteiger partial charge in [0.15, 0.2) is 5.76 Å². The number of hydrogen-bond acceptors (Lipinski definition) is 4. The summed E-state index contributed by atoms with van der Waals surface area (Å²) >= 11 is 1.24. The Hall–Kier alpha value is -2.47. The minimum Gasteiger partial charge on any atom is -0.359 e. The van der Waals surface area contributed by atoms with Crippen LogP contribution in [0.25, 0.3) is 10.4 Å². The zero-order valence-electron chi connectivity index (χ0n) is 12.0. The van der Waals surface area contributed by atoms with Gasteiger partial charge in [0.1, 0.15) is 17.2 Å². The van der Waals surface area contributed by atoms with E-state index in [1.165, 1.54) is 17.4 Å². The molecule has 1 aromatic carbocycles. The molecule has 0 atom stereocenters. The Bertz CT molecular complexity index is 819. The number of rotatable bonds is 3. The third kappa shape index (κ3) is 2.65. The first-order valence-corrected chi connectivity index (χ1v) is 7.47. The summed E-state index contributed by atoms with van der Waals surface area (Å²) in [6, 6.07) is 9.92. The number of benzene rings is 1. The van der Waals surface area contributed by atoms with Crippen LogP contribution in [0.1, 0.15) is 21.1 Å². The molecule has 6 heteroatoms. The first-order valence-electron chi connectivity index (χ1n) is 6.65. The minimum atomic E-state index is -0.304. The third-order valence-electron chi connectivity index (χ3n) is 3.24. The summed E-state index contributed by atoms with van der Waals surface area (Å²) in [6.07, 6.45) is 0. The Morgan fingerprint density at radius 2 is 2.00 bits per heavy atom. The van der Waals surface area contributed by atoms with E-state index >= 15 is 0 Å². The molecule has 0 aliphatic heterocycles. The SMILES string of the molecule is Cc1noc(C)c1NC(=O)c1ccc(-c2ccccc2F)s1. The van der Waals surface area contributed by atoms with Crippen molar-refractivity contribution in [2.24, 2.45) is 0 Å². The molecule has 0 radical (unpaired) electrons. The molecule has 3 aromatic rings. The predicted octanol–water partition coefficient (Wildman–Crippen LogP) is 4.41. The number of thiophene rings is 1. The number of carbonyl (C=O) groups is 1. The topological polar surface area (TPSA) is 55.1 Å². The number of aryl methyl sites for hydroxylation is 2. The molecule has 1 amide bonds. The number of nitrogens with one attached hydrogen (secondary N) is 1. The summed E-state index contributed by atoms with van der Waals surface area (Å²) in [5.41, 5.74) is 1.69. The van der Waals surface area contributed by atoms with Gasteiger partial charge < -0.3 is 9.84 Å². The molecule has 0 saturated heterocycles. The molecular formula is C16H13FN2O2S. The third-order valence-corrected chi connectivity index (χ3v) is 4.36. The smallest absolute Gasteiger partial charge is 0.265 e. The van der Waals surface area contributed by atoms with Crippen molar-refractivity contribution in [3.8, 4) is 10.4 Å². The molecule has 4 nitrogen and oxygen atoms in total. The number of carbonyl (C=O) groups excluding carboxylic acids is 1. The first-order chi connectivity index (χ1) is 10.6. The lowest BCUT2D eigenvalue weighted by molar-refractivity contribution is 0.103. The van der Waals surface area contributed by atoms with E-state index in [2.05, 4.69) is 10.5 Å². The highest BCUT2D eigenvalue weighted by Gasteiger charge is 2.16. The summed E-state index contributed by atoms with van der Waals surface area (Å²) in [5, 5.41) is 6.57. The van der Waals surface area contributed by atoms with Crippen molar-refractivity contribution in [2.75, 3.05) is 5.32 Å². The highest BCUT2D eigenvalue weighted by molar-refractivity contribution is 7.17. The van der Waals surface area contributed by atoms with Gasteiger partial charge in [0.25, 0.3) is 5.91 Å². The van der Waals surface area contributed by atoms with Crippen LogP contribution < -0.4 is 5.32 Å². The Morgan fingerprint density at radius 3 is 2.68 bits per heavy atom. The molecule has 112 valence electrons. The number of anilines is 1. The lowest BCUT2D eigenvalue weighted by Gasteiger charge is -2.02. The maximum Gasteiger partial charge on any atom is 0.265 e. The Kier molecular flexibility index (Phi) is 3.77. The molecule has 0 bridgehead atoms. The highest BCUT2D eigenvalue weighted by atomic mass is 32.1. The van der Waals surface area contributed by atoms with E-state index < -0.39 is 0 Å². The van der Waals surface area contributed by atoms with E-state index in [9.17, 15) is 9.18 Å². The molecule has 0 aliphatic rings. The Balaban J connectivity index is 1.85. The molecule has 0 unspecified atom stereocenters. The molecule has 2 aromatic heterocycles. The van der Waals surface area contributed by atoms with Crippen LogP contribution in [0, 0.1) is 19.7 Å². The summed E-state index contributed by atoms with van der Waals surface area (Å²) < 4.78 is 18.8. The molecule has 0 saturated carbocycles. The fraction of sp³-hybridized carbons (Fsp3) is 0.125. The average molecular weight is 316 g/mol. The van der Waals surface area contributed by atoms with E-state index in [1.54, 1.807) is 44.2 Å². The zero-order chi connectivity index (χ0) is 15.7. The van der Waals surface area contributed by atoms with Crippen LogP contribution in [-0.4, -0.2) is 11.1 Å². The molecule has 0 aliphatic carbocycles. The molecule has 0 spiro atoms. The number of halogens is 1. The second kappa shape index (κ2) is 5.73. The standard InChI is InChI=1S/C16H13FN2O2S/c1-9-15(10(2)21-19-9)18-16(20)14-8-7-13(22-14)11-5-3-4-6-12(11)17/h3-8H,1-2H3,(H,18,20). The zero-order valence-corrected chi connectivity index (χ0v) is 12.8. The van der Waals surface area contributed by atoms with Crippen LogP contribution in [0.3, 0.4) is 0 Å². The van der Waals surface area contributed by atoms with E-state index in [1.807, 2.05) is 0 Å². The molecule has 1 N–H and O–H groups in total. The van der Waals surface area contributed by atoms with Crippen molar-refractivity contribution >= 4 is 22.9 Å². The van der Waals surface area contributed by atoms with Gasteiger partial charge in [-0.1, -0.05) is 23.4 Å². The number of aromatic nitrogens is 1. The maximum absolute atomic E-state index is 13.8. The summed E-state index contributed by atoms with van der Waals surface area (Å²) in [6.45, 7) is 3.49. The van der Waals surface area contributed by atoms with Crippen LogP contribution in [0.4, 0.5) is 10.1 Å². The van der Waals surface area contributed by atoms with Crippen LogP contribution in [0.15, 0.2) is 40.9 Å². The average Bonchev–Trinajstić information content (AvgIpc) is 3.10. The normalized spacial score (nSPS) is 10.7. The van der Waals surface area contributed by atoms with Crippen molar-refractivity contribution in [3.63, 3.8) is 0 Å². The molecule has 3 rings (SSSR count).